The highest BCUT2D eigenvalue weighted by Crippen LogP contribution is 2.19. The number of hydrogen-bond donors (Lipinski definition) is 1. The van der Waals surface area contributed by atoms with E-state index in [4.69, 9.17) is 0 Å². The number of sulfonamides is 1. The third-order valence-corrected chi connectivity index (χ3v) is 5.36. The predicted molar refractivity (Wildman–Crippen MR) is 83.1 cm³/mol. The van der Waals surface area contributed by atoms with E-state index < -0.39 is 26.7 Å². The molecular weight excluding hydrogens is 323 g/mol. The summed E-state index contributed by atoms with van der Waals surface area (Å²) in [6.45, 7) is 2.04. The van der Waals surface area contributed by atoms with Gasteiger partial charge in [0.1, 0.15) is 10.7 Å². The van der Waals surface area contributed by atoms with Gasteiger partial charge in [-0.3, -0.25) is 0 Å². The maximum absolute atomic E-state index is 13.9. The maximum atomic E-state index is 13.9. The van der Waals surface area contributed by atoms with Gasteiger partial charge in [0.15, 0.2) is 0 Å². The number of carbonyl (C=O) groups is 1. The minimum absolute atomic E-state index is 0.00771. The molecule has 1 saturated heterocycles. The van der Waals surface area contributed by atoms with Gasteiger partial charge in [-0.25, -0.2) is 22.3 Å². The molecule has 1 atom stereocenters. The number of esters is 1. The van der Waals surface area contributed by atoms with Crippen LogP contribution in [0.2, 0.25) is 0 Å². The van der Waals surface area contributed by atoms with Crippen molar-refractivity contribution in [1.82, 2.24) is 9.62 Å². The summed E-state index contributed by atoms with van der Waals surface area (Å²) in [7, 11) is -0.859. The first-order valence-corrected chi connectivity index (χ1v) is 8.88. The minimum Gasteiger partial charge on any atom is -0.465 e. The summed E-state index contributed by atoms with van der Waals surface area (Å²) in [6.07, 6.45) is 1.94. The molecule has 1 unspecified atom stereocenters. The van der Waals surface area contributed by atoms with Crippen molar-refractivity contribution in [2.45, 2.75) is 17.7 Å². The van der Waals surface area contributed by atoms with Gasteiger partial charge in [0.05, 0.1) is 12.7 Å². The number of benzene rings is 1. The zero-order valence-electron chi connectivity index (χ0n) is 13.2. The van der Waals surface area contributed by atoms with Crippen molar-refractivity contribution in [1.29, 1.82) is 0 Å². The Bertz CT molecular complexity index is 678. The van der Waals surface area contributed by atoms with Crippen molar-refractivity contribution in [3.63, 3.8) is 0 Å². The smallest absolute Gasteiger partial charge is 0.337 e. The SMILES string of the molecule is COC(=O)c1ccc(F)c(S(=O)(=O)NCC2CCCN(C)C2)c1. The monoisotopic (exact) mass is 344 g/mol. The second-order valence-corrected chi connectivity index (χ2v) is 7.49. The van der Waals surface area contributed by atoms with E-state index in [9.17, 15) is 17.6 Å². The molecule has 0 saturated carbocycles. The van der Waals surface area contributed by atoms with Crippen LogP contribution in [0, 0.1) is 11.7 Å². The van der Waals surface area contributed by atoms with E-state index in [0.29, 0.717) is 0 Å². The number of ether oxygens (including phenoxy) is 1. The van der Waals surface area contributed by atoms with E-state index >= 15 is 0 Å². The summed E-state index contributed by atoms with van der Waals surface area (Å²) in [6, 6.07) is 3.14. The van der Waals surface area contributed by atoms with E-state index in [0.717, 1.165) is 38.1 Å². The molecule has 6 nitrogen and oxygen atoms in total. The lowest BCUT2D eigenvalue weighted by atomic mass is 9.99. The average Bonchev–Trinajstić information content (AvgIpc) is 2.52. The molecule has 1 aromatic rings. The van der Waals surface area contributed by atoms with Crippen LogP contribution in [-0.4, -0.2) is 53.1 Å². The largest absolute Gasteiger partial charge is 0.465 e. The van der Waals surface area contributed by atoms with Crippen LogP contribution in [0.25, 0.3) is 0 Å². The molecule has 23 heavy (non-hydrogen) atoms. The molecule has 1 aliphatic rings. The van der Waals surface area contributed by atoms with Crippen molar-refractivity contribution < 1.29 is 22.3 Å². The standard InChI is InChI=1S/C15H21FN2O4S/c1-18-7-3-4-11(10-18)9-17-23(20,21)14-8-12(15(19)22-2)5-6-13(14)16/h5-6,8,11,17H,3-4,7,9-10H2,1-2H3. The number of carbonyl (C=O) groups excluding carboxylic acids is 1. The Morgan fingerprint density at radius 2 is 2.22 bits per heavy atom. The number of nitrogens with one attached hydrogen (secondary N) is 1. The summed E-state index contributed by atoms with van der Waals surface area (Å²) in [4.78, 5) is 13.1. The summed E-state index contributed by atoms with van der Waals surface area (Å²) >= 11 is 0. The van der Waals surface area contributed by atoms with Crippen molar-refractivity contribution in [2.24, 2.45) is 5.92 Å². The molecule has 0 spiro atoms. The van der Waals surface area contributed by atoms with Gasteiger partial charge < -0.3 is 9.64 Å². The van der Waals surface area contributed by atoms with Crippen LogP contribution in [0.4, 0.5) is 4.39 Å². The Morgan fingerprint density at radius 1 is 1.48 bits per heavy atom. The maximum Gasteiger partial charge on any atom is 0.337 e. The van der Waals surface area contributed by atoms with Crippen molar-refractivity contribution in [3.05, 3.63) is 29.6 Å². The van der Waals surface area contributed by atoms with Crippen molar-refractivity contribution in [2.75, 3.05) is 33.8 Å². The van der Waals surface area contributed by atoms with Crippen LogP contribution in [0.1, 0.15) is 23.2 Å². The number of halogens is 1. The zero-order chi connectivity index (χ0) is 17.0. The van der Waals surface area contributed by atoms with Gasteiger partial charge in [0, 0.05) is 13.1 Å². The highest BCUT2D eigenvalue weighted by Gasteiger charge is 2.24. The van der Waals surface area contributed by atoms with Crippen molar-refractivity contribution >= 4 is 16.0 Å². The Morgan fingerprint density at radius 3 is 2.87 bits per heavy atom. The molecule has 0 bridgehead atoms. The lowest BCUT2D eigenvalue weighted by Gasteiger charge is -2.29. The van der Waals surface area contributed by atoms with Gasteiger partial charge >= 0.3 is 5.97 Å². The lowest BCUT2D eigenvalue weighted by molar-refractivity contribution is 0.0600. The van der Waals surface area contributed by atoms with E-state index in [1.807, 2.05) is 7.05 Å². The normalized spacial score (nSPS) is 19.5. The van der Waals surface area contributed by atoms with Crippen LogP contribution in [0.3, 0.4) is 0 Å². The molecule has 1 aliphatic heterocycles. The zero-order valence-corrected chi connectivity index (χ0v) is 14.0. The number of hydrogen-bond acceptors (Lipinski definition) is 5. The second-order valence-electron chi connectivity index (χ2n) is 5.76. The molecule has 1 N–H and O–H groups in total. The molecule has 128 valence electrons. The van der Waals surface area contributed by atoms with E-state index in [2.05, 4.69) is 14.4 Å². The first-order chi connectivity index (χ1) is 10.8. The third-order valence-electron chi connectivity index (χ3n) is 3.93. The highest BCUT2D eigenvalue weighted by atomic mass is 32.2. The van der Waals surface area contributed by atoms with Crippen LogP contribution in [0.15, 0.2) is 23.1 Å². The fourth-order valence-electron chi connectivity index (χ4n) is 2.70. The summed E-state index contributed by atoms with van der Waals surface area (Å²) < 4.78 is 45.5. The molecule has 2 rings (SSSR count). The topological polar surface area (TPSA) is 75.7 Å². The fourth-order valence-corrected chi connectivity index (χ4v) is 3.92. The number of piperidine rings is 1. The molecule has 1 heterocycles. The molecule has 0 amide bonds. The fraction of sp³-hybridized carbons (Fsp3) is 0.533. The molecular formula is C15H21FN2O4S. The number of nitrogens with zero attached hydrogens (tertiary/aromatic N) is 1. The first-order valence-electron chi connectivity index (χ1n) is 7.39. The van der Waals surface area contributed by atoms with Crippen LogP contribution < -0.4 is 4.72 Å². The van der Waals surface area contributed by atoms with E-state index in [1.54, 1.807) is 0 Å². The Balaban J connectivity index is 2.14. The minimum atomic E-state index is -4.02. The molecule has 1 aromatic carbocycles. The van der Waals surface area contributed by atoms with Crippen LogP contribution in [-0.2, 0) is 14.8 Å². The number of likely N-dealkylation sites (tertiary alicyclic amines) is 1. The van der Waals surface area contributed by atoms with Gasteiger partial charge in [-0.1, -0.05) is 0 Å². The van der Waals surface area contributed by atoms with E-state index in [1.165, 1.54) is 13.2 Å². The number of methoxy groups -OCH3 is 1. The van der Waals surface area contributed by atoms with Crippen molar-refractivity contribution in [3.8, 4) is 0 Å². The van der Waals surface area contributed by atoms with E-state index in [-0.39, 0.29) is 18.0 Å². The number of rotatable bonds is 5. The van der Waals surface area contributed by atoms with Gasteiger partial charge in [0.2, 0.25) is 10.0 Å². The third kappa shape index (κ3) is 4.49. The first kappa shape index (κ1) is 17.8. The molecule has 0 aliphatic carbocycles. The van der Waals surface area contributed by atoms with Crippen LogP contribution >= 0.6 is 0 Å². The average molecular weight is 344 g/mol. The van der Waals surface area contributed by atoms with Gasteiger partial charge in [-0.15, -0.1) is 0 Å². The Kier molecular flexibility index (Phi) is 5.72. The lowest BCUT2D eigenvalue weighted by Crippen LogP contribution is -2.39. The summed E-state index contributed by atoms with van der Waals surface area (Å²) in [5, 5.41) is 0. The quantitative estimate of drug-likeness (QED) is 0.813. The summed E-state index contributed by atoms with van der Waals surface area (Å²) in [5.74, 6) is -1.42. The molecule has 0 radical (unpaired) electrons. The molecule has 8 heteroatoms. The summed E-state index contributed by atoms with van der Waals surface area (Å²) in [5.41, 5.74) is -0.00771. The second kappa shape index (κ2) is 7.37. The van der Waals surface area contributed by atoms with Gasteiger partial charge in [-0.05, 0) is 50.6 Å². The predicted octanol–water partition coefficient (Wildman–Crippen LogP) is 1.23. The Labute approximate surface area is 135 Å². The molecule has 0 aromatic heterocycles. The van der Waals surface area contributed by atoms with Gasteiger partial charge in [0.25, 0.3) is 0 Å². The molecule has 1 fully saturated rings. The Hall–Kier alpha value is -1.51. The van der Waals surface area contributed by atoms with Crippen LogP contribution in [0.5, 0.6) is 0 Å². The van der Waals surface area contributed by atoms with Gasteiger partial charge in [-0.2, -0.15) is 0 Å². The highest BCUT2D eigenvalue weighted by molar-refractivity contribution is 7.89.